The highest BCUT2D eigenvalue weighted by Gasteiger charge is 2.27. The predicted octanol–water partition coefficient (Wildman–Crippen LogP) is 2.39. The summed E-state index contributed by atoms with van der Waals surface area (Å²) >= 11 is 0. The SMILES string of the molecule is CCN(C(C)COC)C1CCCCCCC1N. The van der Waals surface area contributed by atoms with Gasteiger partial charge in [-0.25, -0.2) is 0 Å². The van der Waals surface area contributed by atoms with Gasteiger partial charge in [0.2, 0.25) is 0 Å². The van der Waals surface area contributed by atoms with Crippen molar-refractivity contribution < 1.29 is 4.74 Å². The lowest BCUT2D eigenvalue weighted by Gasteiger charge is -2.39. The van der Waals surface area contributed by atoms with E-state index < -0.39 is 0 Å². The van der Waals surface area contributed by atoms with Crippen molar-refractivity contribution in [1.29, 1.82) is 0 Å². The molecular weight excluding hydrogens is 212 g/mol. The second-order valence-electron chi connectivity index (χ2n) is 5.36. The average Bonchev–Trinajstić information content (AvgIpc) is 2.29. The third-order valence-electron chi connectivity index (χ3n) is 4.05. The van der Waals surface area contributed by atoms with E-state index >= 15 is 0 Å². The molecule has 1 saturated carbocycles. The van der Waals surface area contributed by atoms with E-state index in [2.05, 4.69) is 18.7 Å². The van der Waals surface area contributed by atoms with Gasteiger partial charge >= 0.3 is 0 Å². The van der Waals surface area contributed by atoms with Crippen LogP contribution in [0.25, 0.3) is 0 Å². The van der Waals surface area contributed by atoms with Crippen LogP contribution < -0.4 is 5.73 Å². The molecule has 102 valence electrons. The third-order valence-corrected chi connectivity index (χ3v) is 4.05. The summed E-state index contributed by atoms with van der Waals surface area (Å²) in [6.45, 7) is 6.36. The number of hydrogen-bond acceptors (Lipinski definition) is 3. The number of nitrogens with two attached hydrogens (primary N) is 1. The maximum absolute atomic E-state index is 6.38. The fourth-order valence-corrected chi connectivity index (χ4v) is 3.12. The Kier molecular flexibility index (Phi) is 7.09. The molecule has 3 unspecified atom stereocenters. The first-order valence-corrected chi connectivity index (χ1v) is 7.21. The van der Waals surface area contributed by atoms with Crippen LogP contribution in [0.1, 0.15) is 52.4 Å². The Labute approximate surface area is 107 Å². The summed E-state index contributed by atoms with van der Waals surface area (Å²) in [5.74, 6) is 0. The average molecular weight is 242 g/mol. The van der Waals surface area contributed by atoms with E-state index in [4.69, 9.17) is 10.5 Å². The van der Waals surface area contributed by atoms with Gasteiger partial charge in [0.05, 0.1) is 6.61 Å². The third kappa shape index (κ3) is 4.57. The summed E-state index contributed by atoms with van der Waals surface area (Å²) in [5.41, 5.74) is 6.38. The molecule has 0 radical (unpaired) electrons. The second-order valence-corrected chi connectivity index (χ2v) is 5.36. The van der Waals surface area contributed by atoms with Crippen molar-refractivity contribution in [1.82, 2.24) is 4.90 Å². The molecule has 1 fully saturated rings. The van der Waals surface area contributed by atoms with Gasteiger partial charge in [0.15, 0.2) is 0 Å². The van der Waals surface area contributed by atoms with Crippen LogP contribution >= 0.6 is 0 Å². The molecule has 0 aliphatic heterocycles. The Hall–Kier alpha value is -0.120. The van der Waals surface area contributed by atoms with Crippen molar-refractivity contribution in [3.05, 3.63) is 0 Å². The lowest BCUT2D eigenvalue weighted by Crippen LogP contribution is -2.52. The molecule has 0 bridgehead atoms. The van der Waals surface area contributed by atoms with Gasteiger partial charge < -0.3 is 10.5 Å². The summed E-state index contributed by atoms with van der Waals surface area (Å²) < 4.78 is 5.29. The van der Waals surface area contributed by atoms with E-state index in [1.54, 1.807) is 7.11 Å². The molecule has 1 aliphatic carbocycles. The van der Waals surface area contributed by atoms with E-state index in [1.807, 2.05) is 0 Å². The zero-order valence-corrected chi connectivity index (χ0v) is 11.8. The highest BCUT2D eigenvalue weighted by molar-refractivity contribution is 4.85. The molecule has 3 atom stereocenters. The van der Waals surface area contributed by atoms with Crippen molar-refractivity contribution in [3.8, 4) is 0 Å². The Morgan fingerprint density at radius 2 is 1.88 bits per heavy atom. The molecule has 0 saturated heterocycles. The lowest BCUT2D eigenvalue weighted by molar-refractivity contribution is 0.0562. The van der Waals surface area contributed by atoms with Crippen LogP contribution in [-0.2, 0) is 4.74 Å². The summed E-state index contributed by atoms with van der Waals surface area (Å²) in [5, 5.41) is 0. The van der Waals surface area contributed by atoms with Gasteiger partial charge in [-0.05, 0) is 26.3 Å². The molecule has 17 heavy (non-hydrogen) atoms. The molecule has 0 heterocycles. The lowest BCUT2D eigenvalue weighted by atomic mass is 9.91. The molecule has 3 nitrogen and oxygen atoms in total. The Morgan fingerprint density at radius 1 is 1.24 bits per heavy atom. The smallest absolute Gasteiger partial charge is 0.0615 e. The van der Waals surface area contributed by atoms with Crippen molar-refractivity contribution in [3.63, 3.8) is 0 Å². The largest absolute Gasteiger partial charge is 0.383 e. The molecule has 2 N–H and O–H groups in total. The topological polar surface area (TPSA) is 38.5 Å². The van der Waals surface area contributed by atoms with Crippen molar-refractivity contribution in [2.45, 2.75) is 70.5 Å². The summed E-state index contributed by atoms with van der Waals surface area (Å²) in [7, 11) is 1.78. The van der Waals surface area contributed by atoms with Crippen LogP contribution in [0.2, 0.25) is 0 Å². The minimum atomic E-state index is 0.342. The van der Waals surface area contributed by atoms with E-state index in [0.29, 0.717) is 18.1 Å². The molecule has 1 rings (SSSR count). The standard InChI is InChI=1S/C14H30N2O/c1-4-16(12(2)11-17-3)14-10-8-6-5-7-9-13(14)15/h12-14H,4-11,15H2,1-3H3. The van der Waals surface area contributed by atoms with Crippen LogP contribution in [0, 0.1) is 0 Å². The number of methoxy groups -OCH3 is 1. The van der Waals surface area contributed by atoms with Crippen LogP contribution in [0.4, 0.5) is 0 Å². The molecule has 0 amide bonds. The molecule has 1 aliphatic rings. The molecule has 0 aromatic carbocycles. The Morgan fingerprint density at radius 3 is 2.47 bits per heavy atom. The quantitative estimate of drug-likeness (QED) is 0.804. The van der Waals surface area contributed by atoms with Gasteiger partial charge in [-0.15, -0.1) is 0 Å². The predicted molar refractivity (Wildman–Crippen MR) is 73.2 cm³/mol. The monoisotopic (exact) mass is 242 g/mol. The number of ether oxygens (including phenoxy) is 1. The maximum Gasteiger partial charge on any atom is 0.0615 e. The minimum absolute atomic E-state index is 0.342. The van der Waals surface area contributed by atoms with Crippen molar-refractivity contribution >= 4 is 0 Å². The number of rotatable bonds is 5. The van der Waals surface area contributed by atoms with Crippen molar-refractivity contribution in [2.75, 3.05) is 20.3 Å². The van der Waals surface area contributed by atoms with Crippen molar-refractivity contribution in [2.24, 2.45) is 5.73 Å². The zero-order chi connectivity index (χ0) is 12.7. The molecular formula is C14H30N2O. The number of nitrogens with zero attached hydrogens (tertiary/aromatic N) is 1. The van der Waals surface area contributed by atoms with Gasteiger partial charge in [0.25, 0.3) is 0 Å². The van der Waals surface area contributed by atoms with E-state index in [-0.39, 0.29) is 0 Å². The van der Waals surface area contributed by atoms with Crippen LogP contribution in [0.3, 0.4) is 0 Å². The van der Waals surface area contributed by atoms with Gasteiger partial charge in [-0.1, -0.05) is 32.6 Å². The highest BCUT2D eigenvalue weighted by Crippen LogP contribution is 2.22. The maximum atomic E-state index is 6.38. The normalized spacial score (nSPS) is 28.8. The van der Waals surface area contributed by atoms with E-state index in [0.717, 1.165) is 13.2 Å². The van der Waals surface area contributed by atoms with Gasteiger partial charge in [-0.2, -0.15) is 0 Å². The van der Waals surface area contributed by atoms with Crippen LogP contribution in [-0.4, -0.2) is 43.3 Å². The first-order chi connectivity index (χ1) is 8.20. The Bertz CT molecular complexity index is 199. The summed E-state index contributed by atoms with van der Waals surface area (Å²) in [6, 6.07) is 1.36. The fraction of sp³-hybridized carbons (Fsp3) is 1.00. The van der Waals surface area contributed by atoms with Gasteiger partial charge in [-0.3, -0.25) is 4.90 Å². The van der Waals surface area contributed by atoms with Crippen LogP contribution in [0.5, 0.6) is 0 Å². The van der Waals surface area contributed by atoms with E-state index in [9.17, 15) is 0 Å². The molecule has 0 aromatic heterocycles. The molecule has 0 aromatic rings. The summed E-state index contributed by atoms with van der Waals surface area (Å²) in [6.07, 6.45) is 7.80. The van der Waals surface area contributed by atoms with Crippen LogP contribution in [0.15, 0.2) is 0 Å². The zero-order valence-electron chi connectivity index (χ0n) is 11.8. The van der Waals surface area contributed by atoms with Gasteiger partial charge in [0, 0.05) is 25.2 Å². The van der Waals surface area contributed by atoms with Gasteiger partial charge in [0.1, 0.15) is 0 Å². The Balaban J connectivity index is 2.61. The molecule has 0 spiro atoms. The second kappa shape index (κ2) is 8.06. The summed E-state index contributed by atoms with van der Waals surface area (Å²) in [4.78, 5) is 2.54. The first kappa shape index (κ1) is 14.9. The van der Waals surface area contributed by atoms with E-state index in [1.165, 1.54) is 38.5 Å². The molecule has 3 heteroatoms. The number of hydrogen-bond donors (Lipinski definition) is 1. The first-order valence-electron chi connectivity index (χ1n) is 7.21. The highest BCUT2D eigenvalue weighted by atomic mass is 16.5. The fourth-order valence-electron chi connectivity index (χ4n) is 3.12. The number of likely N-dealkylation sites (N-methyl/N-ethyl adjacent to an activating group) is 1. The minimum Gasteiger partial charge on any atom is -0.383 e.